The summed E-state index contributed by atoms with van der Waals surface area (Å²) in [5, 5.41) is 4.08. The summed E-state index contributed by atoms with van der Waals surface area (Å²) in [6, 6.07) is 16.7. The zero-order chi connectivity index (χ0) is 15.9. The molecule has 4 heteroatoms. The third kappa shape index (κ3) is 2.08. The number of nitrogens with zero attached hydrogens (tertiary/aromatic N) is 2. The van der Waals surface area contributed by atoms with Crippen molar-refractivity contribution in [2.45, 2.75) is 0 Å². The van der Waals surface area contributed by atoms with Crippen molar-refractivity contribution in [3.05, 3.63) is 79.3 Å². The normalized spacial score (nSPS) is 13.8. The van der Waals surface area contributed by atoms with Crippen molar-refractivity contribution < 1.29 is 4.42 Å². The molecule has 5 rings (SSSR count). The molecule has 1 N–H and O–H groups in total. The average Bonchev–Trinajstić information content (AvgIpc) is 3.27. The van der Waals surface area contributed by atoms with Crippen LogP contribution in [0.3, 0.4) is 0 Å². The second-order valence-corrected chi connectivity index (χ2v) is 5.76. The molecule has 0 unspecified atom stereocenters. The fourth-order valence-corrected chi connectivity index (χ4v) is 2.98. The summed E-state index contributed by atoms with van der Waals surface area (Å²) in [6.07, 6.45) is 9.51. The van der Waals surface area contributed by atoms with Crippen LogP contribution in [0, 0.1) is 0 Å². The third-order valence-electron chi connectivity index (χ3n) is 4.23. The topological polar surface area (TPSA) is 42.5 Å². The lowest BCUT2D eigenvalue weighted by atomic mass is 10.0. The third-order valence-corrected chi connectivity index (χ3v) is 4.23. The molecule has 0 saturated heterocycles. The van der Waals surface area contributed by atoms with Crippen LogP contribution in [0.4, 0.5) is 5.88 Å². The highest BCUT2D eigenvalue weighted by molar-refractivity contribution is 5.89. The highest BCUT2D eigenvalue weighted by atomic mass is 16.4. The fourth-order valence-electron chi connectivity index (χ4n) is 2.98. The van der Waals surface area contributed by atoms with Crippen LogP contribution in [0.1, 0.15) is 0 Å². The van der Waals surface area contributed by atoms with Gasteiger partial charge in [0.25, 0.3) is 0 Å². The van der Waals surface area contributed by atoms with Crippen LogP contribution in [-0.4, -0.2) is 0 Å². The van der Waals surface area contributed by atoms with Gasteiger partial charge in [0.1, 0.15) is 5.58 Å². The molecule has 1 aliphatic heterocycles. The Morgan fingerprint density at radius 3 is 2.62 bits per heavy atom. The molecule has 0 aliphatic carbocycles. The summed E-state index contributed by atoms with van der Waals surface area (Å²) in [5.74, 6) is 0.760. The van der Waals surface area contributed by atoms with Crippen LogP contribution >= 0.6 is 0 Å². The monoisotopic (exact) mass is 312 g/mol. The largest absolute Gasteiger partial charge is 0.664 e. The Morgan fingerprint density at radius 1 is 0.875 bits per heavy atom. The smallest absolute Gasteiger partial charge is 0.219 e. The number of benzene rings is 2. The van der Waals surface area contributed by atoms with E-state index in [4.69, 9.17) is 4.42 Å². The lowest BCUT2D eigenvalue weighted by Gasteiger charge is -2.18. The van der Waals surface area contributed by atoms with E-state index in [0.29, 0.717) is 0 Å². The fraction of sp³-hybridized carbons (Fsp3) is 0. The molecule has 0 fully saturated rings. The molecule has 0 amide bonds. The first-order valence-corrected chi connectivity index (χ1v) is 7.81. The molecule has 116 valence electrons. The molecule has 4 nitrogen and oxygen atoms in total. The number of aromatic nitrogens is 1. The minimum absolute atomic E-state index is 0.760. The van der Waals surface area contributed by atoms with Gasteiger partial charge in [-0.1, -0.05) is 36.4 Å². The number of furan rings is 1. The van der Waals surface area contributed by atoms with E-state index in [-0.39, 0.29) is 0 Å². The summed E-state index contributed by atoms with van der Waals surface area (Å²) in [4.78, 5) is 4.38. The predicted molar refractivity (Wildman–Crippen MR) is 96.4 cm³/mol. The Morgan fingerprint density at radius 2 is 1.75 bits per heavy atom. The maximum atomic E-state index is 6.00. The first-order chi connectivity index (χ1) is 11.9. The molecule has 0 spiro atoms. The molecule has 2 aromatic heterocycles. The summed E-state index contributed by atoms with van der Waals surface area (Å²) >= 11 is 0. The van der Waals surface area contributed by atoms with E-state index in [1.54, 1.807) is 0 Å². The molecule has 3 heterocycles. The van der Waals surface area contributed by atoms with Crippen LogP contribution in [0.15, 0.2) is 83.7 Å². The number of anilines is 1. The van der Waals surface area contributed by atoms with Crippen molar-refractivity contribution in [1.29, 1.82) is 0 Å². The first-order valence-electron chi connectivity index (χ1n) is 7.81. The molecule has 0 radical (unpaired) electrons. The van der Waals surface area contributed by atoms with Crippen LogP contribution in [0.2, 0.25) is 0 Å². The van der Waals surface area contributed by atoms with E-state index in [0.717, 1.165) is 38.9 Å². The average molecular weight is 312 g/mol. The summed E-state index contributed by atoms with van der Waals surface area (Å²) in [6.45, 7) is 0. The van der Waals surface area contributed by atoms with Gasteiger partial charge in [-0.2, -0.15) is 6.20 Å². The number of hydrogen-bond donors (Lipinski definition) is 1. The number of nitrogens with one attached hydrogen (secondary N) is 1. The van der Waals surface area contributed by atoms with Gasteiger partial charge < -0.3 is 9.40 Å². The molecule has 1 aliphatic rings. The van der Waals surface area contributed by atoms with Gasteiger partial charge in [-0.15, -0.1) is 5.52 Å². The molecule has 24 heavy (non-hydrogen) atoms. The molecule has 2 aromatic carbocycles. The highest BCUT2D eigenvalue weighted by Crippen LogP contribution is 2.31. The SMILES string of the molecule is C1=CNN(c2cc3ccc(-c4ccc5cc[n-]c5c4)cc3o2)C=C1. The van der Waals surface area contributed by atoms with Crippen molar-refractivity contribution in [3.8, 4) is 11.1 Å². The van der Waals surface area contributed by atoms with Crippen LogP contribution in [-0.2, 0) is 0 Å². The van der Waals surface area contributed by atoms with Gasteiger partial charge >= 0.3 is 0 Å². The van der Waals surface area contributed by atoms with Gasteiger partial charge in [0.05, 0.1) is 0 Å². The van der Waals surface area contributed by atoms with Crippen molar-refractivity contribution >= 4 is 27.8 Å². The second-order valence-electron chi connectivity index (χ2n) is 5.76. The van der Waals surface area contributed by atoms with Crippen molar-refractivity contribution in [2.75, 3.05) is 5.01 Å². The van der Waals surface area contributed by atoms with Crippen molar-refractivity contribution in [1.82, 2.24) is 10.4 Å². The van der Waals surface area contributed by atoms with Gasteiger partial charge in [0.15, 0.2) is 0 Å². The zero-order valence-corrected chi connectivity index (χ0v) is 12.8. The minimum atomic E-state index is 0.760. The summed E-state index contributed by atoms with van der Waals surface area (Å²) in [7, 11) is 0. The Labute approximate surface area is 138 Å². The Balaban J connectivity index is 1.57. The van der Waals surface area contributed by atoms with Gasteiger partial charge in [0, 0.05) is 23.9 Å². The molecule has 4 aromatic rings. The number of rotatable bonds is 2. The van der Waals surface area contributed by atoms with Gasteiger partial charge in [0.2, 0.25) is 5.88 Å². The van der Waals surface area contributed by atoms with E-state index in [9.17, 15) is 0 Å². The van der Waals surface area contributed by atoms with Gasteiger partial charge in [-0.05, 0) is 34.7 Å². The van der Waals surface area contributed by atoms with Crippen LogP contribution in [0.5, 0.6) is 0 Å². The quantitative estimate of drug-likeness (QED) is 0.589. The van der Waals surface area contributed by atoms with E-state index in [1.165, 1.54) is 0 Å². The van der Waals surface area contributed by atoms with Crippen LogP contribution in [0.25, 0.3) is 33.0 Å². The molecule has 0 saturated carbocycles. The molecular weight excluding hydrogens is 298 g/mol. The lowest BCUT2D eigenvalue weighted by molar-refractivity contribution is 0.591. The zero-order valence-electron chi connectivity index (χ0n) is 12.8. The van der Waals surface area contributed by atoms with Crippen molar-refractivity contribution in [2.24, 2.45) is 0 Å². The molecular formula is C20H14N3O-. The van der Waals surface area contributed by atoms with Gasteiger partial charge in [-0.3, -0.25) is 5.43 Å². The predicted octanol–water partition coefficient (Wildman–Crippen LogP) is 4.56. The first kappa shape index (κ1) is 13.1. The Kier molecular flexibility index (Phi) is 2.76. The van der Waals surface area contributed by atoms with Gasteiger partial charge in [-0.25, -0.2) is 5.01 Å². The molecule has 0 bridgehead atoms. The Hall–Kier alpha value is -3.40. The van der Waals surface area contributed by atoms with E-state index >= 15 is 0 Å². The van der Waals surface area contributed by atoms with E-state index < -0.39 is 0 Å². The maximum absolute atomic E-state index is 6.00. The van der Waals surface area contributed by atoms with E-state index in [1.807, 2.05) is 47.9 Å². The van der Waals surface area contributed by atoms with Crippen LogP contribution < -0.4 is 15.4 Å². The number of hydrogen-bond acceptors (Lipinski definition) is 3. The standard InChI is InChI=1S/C20H14N3O/c1-2-10-23(22-8-1)20-13-17-6-5-16(12-19(17)24-20)15-4-3-14-7-9-21-18(14)11-15/h1-13,22H/q-1. The van der Waals surface area contributed by atoms with E-state index in [2.05, 4.69) is 46.8 Å². The Bertz CT molecular complexity index is 1100. The number of fused-ring (bicyclic) bond motifs is 2. The maximum Gasteiger partial charge on any atom is 0.219 e. The highest BCUT2D eigenvalue weighted by Gasteiger charge is 2.11. The molecule has 0 atom stereocenters. The van der Waals surface area contributed by atoms with Crippen molar-refractivity contribution in [3.63, 3.8) is 0 Å². The summed E-state index contributed by atoms with van der Waals surface area (Å²) < 4.78 is 6.00. The summed E-state index contributed by atoms with van der Waals surface area (Å²) in [5.41, 5.74) is 7.26. The minimum Gasteiger partial charge on any atom is -0.664 e. The number of allylic oxidation sites excluding steroid dienone is 2. The second kappa shape index (κ2) is 5.06. The number of hydrazine groups is 1. The lowest BCUT2D eigenvalue weighted by Crippen LogP contribution is -2.29.